The van der Waals surface area contributed by atoms with Gasteiger partial charge in [-0.15, -0.1) is 0 Å². The van der Waals surface area contributed by atoms with Crippen LogP contribution in [0.5, 0.6) is 0 Å². The van der Waals surface area contributed by atoms with Crippen molar-refractivity contribution in [3.63, 3.8) is 0 Å². The lowest BCUT2D eigenvalue weighted by Gasteiger charge is -2.05. The molecule has 2 N–H and O–H groups in total. The largest absolute Gasteiger partial charge is 0.344 e. The van der Waals surface area contributed by atoms with Gasteiger partial charge in [0.2, 0.25) is 0 Å². The molecule has 3 aromatic rings. The maximum atomic E-state index is 5.66. The monoisotopic (exact) mass is 237 g/mol. The fraction of sp³-hybridized carbons (Fsp3) is 0.133. The second-order valence-corrected chi connectivity index (χ2v) is 4.43. The fourth-order valence-electron chi connectivity index (χ4n) is 2.31. The lowest BCUT2D eigenvalue weighted by molar-refractivity contribution is 0.973. The molecule has 18 heavy (non-hydrogen) atoms. The minimum absolute atomic E-state index is 0.519. The van der Waals surface area contributed by atoms with Gasteiger partial charge in [-0.05, 0) is 23.8 Å². The quantitative estimate of drug-likeness (QED) is 0.744. The Morgan fingerprint density at radius 3 is 2.78 bits per heavy atom. The van der Waals surface area contributed by atoms with Gasteiger partial charge in [0.1, 0.15) is 0 Å². The molecule has 2 heterocycles. The van der Waals surface area contributed by atoms with Crippen LogP contribution in [-0.2, 0) is 13.6 Å². The van der Waals surface area contributed by atoms with Gasteiger partial charge in [0.25, 0.3) is 0 Å². The third-order valence-corrected chi connectivity index (χ3v) is 3.28. The standard InChI is InChI=1S/C15H15N3/c1-18-14-5-3-2-4-12(14)7-15(18)13-6-11(8-16)9-17-10-13/h2-7,9-10H,8,16H2,1H3. The molecule has 0 aliphatic carbocycles. The summed E-state index contributed by atoms with van der Waals surface area (Å²) < 4.78 is 2.19. The molecule has 0 amide bonds. The SMILES string of the molecule is Cn1c(-c2cncc(CN)c2)cc2ccccc21. The van der Waals surface area contributed by atoms with Gasteiger partial charge >= 0.3 is 0 Å². The van der Waals surface area contributed by atoms with Crippen LogP contribution in [0.3, 0.4) is 0 Å². The summed E-state index contributed by atoms with van der Waals surface area (Å²) in [5, 5.41) is 1.24. The first kappa shape index (κ1) is 11.0. The molecule has 0 saturated heterocycles. The average Bonchev–Trinajstić information content (AvgIpc) is 2.77. The maximum absolute atomic E-state index is 5.66. The van der Waals surface area contributed by atoms with E-state index in [1.807, 2.05) is 12.4 Å². The highest BCUT2D eigenvalue weighted by molar-refractivity contribution is 5.86. The molecule has 0 radical (unpaired) electrons. The molecule has 2 aromatic heterocycles. The number of fused-ring (bicyclic) bond motifs is 1. The van der Waals surface area contributed by atoms with E-state index in [1.54, 1.807) is 0 Å². The molecular weight excluding hydrogens is 222 g/mol. The number of hydrogen-bond donors (Lipinski definition) is 1. The van der Waals surface area contributed by atoms with Crippen molar-refractivity contribution in [1.29, 1.82) is 0 Å². The van der Waals surface area contributed by atoms with Crippen molar-refractivity contribution in [3.05, 3.63) is 54.4 Å². The van der Waals surface area contributed by atoms with E-state index in [9.17, 15) is 0 Å². The molecule has 3 heteroatoms. The van der Waals surface area contributed by atoms with E-state index in [4.69, 9.17) is 5.73 Å². The molecule has 0 saturated carbocycles. The smallest absolute Gasteiger partial charge is 0.0504 e. The number of rotatable bonds is 2. The highest BCUT2D eigenvalue weighted by Crippen LogP contribution is 2.26. The van der Waals surface area contributed by atoms with Crippen LogP contribution < -0.4 is 5.73 Å². The Balaban J connectivity index is 2.21. The van der Waals surface area contributed by atoms with Gasteiger partial charge < -0.3 is 10.3 Å². The highest BCUT2D eigenvalue weighted by atomic mass is 14.9. The summed E-state index contributed by atoms with van der Waals surface area (Å²) in [6.07, 6.45) is 3.69. The van der Waals surface area contributed by atoms with Crippen molar-refractivity contribution in [2.24, 2.45) is 12.8 Å². The van der Waals surface area contributed by atoms with E-state index >= 15 is 0 Å². The first-order valence-electron chi connectivity index (χ1n) is 5.98. The minimum Gasteiger partial charge on any atom is -0.344 e. The second-order valence-electron chi connectivity index (χ2n) is 4.43. The number of aryl methyl sites for hydroxylation is 1. The van der Waals surface area contributed by atoms with Crippen molar-refractivity contribution in [2.45, 2.75) is 6.54 Å². The van der Waals surface area contributed by atoms with Crippen LogP contribution in [0.1, 0.15) is 5.56 Å². The molecule has 1 aromatic carbocycles. The lowest BCUT2D eigenvalue weighted by Crippen LogP contribution is -1.98. The summed E-state index contributed by atoms with van der Waals surface area (Å²) in [5.41, 5.74) is 10.2. The summed E-state index contributed by atoms with van der Waals surface area (Å²) in [6, 6.07) is 12.6. The van der Waals surface area contributed by atoms with Crippen LogP contribution in [0.15, 0.2) is 48.8 Å². The van der Waals surface area contributed by atoms with Gasteiger partial charge in [0.05, 0.1) is 5.69 Å². The number of nitrogens with two attached hydrogens (primary N) is 1. The Morgan fingerprint density at radius 1 is 1.17 bits per heavy atom. The molecule has 0 bridgehead atoms. The van der Waals surface area contributed by atoms with Gasteiger partial charge in [0, 0.05) is 42.5 Å². The number of pyridine rings is 1. The van der Waals surface area contributed by atoms with E-state index < -0.39 is 0 Å². The number of benzene rings is 1. The van der Waals surface area contributed by atoms with Crippen LogP contribution in [0, 0.1) is 0 Å². The third kappa shape index (κ3) is 1.69. The van der Waals surface area contributed by atoms with Gasteiger partial charge in [-0.25, -0.2) is 0 Å². The second kappa shape index (κ2) is 4.27. The predicted octanol–water partition coefficient (Wildman–Crippen LogP) is 2.70. The molecule has 90 valence electrons. The molecular formula is C15H15N3. The zero-order valence-corrected chi connectivity index (χ0v) is 10.3. The third-order valence-electron chi connectivity index (χ3n) is 3.28. The minimum atomic E-state index is 0.519. The molecule has 0 aliphatic heterocycles. The number of para-hydroxylation sites is 1. The Labute approximate surface area is 106 Å². The summed E-state index contributed by atoms with van der Waals surface area (Å²) in [5.74, 6) is 0. The summed E-state index contributed by atoms with van der Waals surface area (Å²) in [7, 11) is 2.08. The van der Waals surface area contributed by atoms with Gasteiger partial charge in [-0.3, -0.25) is 4.98 Å². The molecule has 3 rings (SSSR count). The molecule has 3 nitrogen and oxygen atoms in total. The van der Waals surface area contributed by atoms with Crippen molar-refractivity contribution in [2.75, 3.05) is 0 Å². The Morgan fingerprint density at radius 2 is 2.00 bits per heavy atom. The zero-order chi connectivity index (χ0) is 12.5. The van der Waals surface area contributed by atoms with Crippen molar-refractivity contribution < 1.29 is 0 Å². The number of hydrogen-bond acceptors (Lipinski definition) is 2. The predicted molar refractivity (Wildman–Crippen MR) is 74.0 cm³/mol. The summed E-state index contributed by atoms with van der Waals surface area (Å²) >= 11 is 0. The first-order chi connectivity index (χ1) is 8.79. The molecule has 0 fully saturated rings. The maximum Gasteiger partial charge on any atom is 0.0504 e. The van der Waals surface area contributed by atoms with E-state index in [2.05, 4.69) is 53.0 Å². The molecule has 0 unspecified atom stereocenters. The van der Waals surface area contributed by atoms with E-state index in [-0.39, 0.29) is 0 Å². The Hall–Kier alpha value is -2.13. The van der Waals surface area contributed by atoms with Gasteiger partial charge in [0.15, 0.2) is 0 Å². The van der Waals surface area contributed by atoms with E-state index in [0.29, 0.717) is 6.54 Å². The Kier molecular flexibility index (Phi) is 2.61. The molecule has 0 aliphatic rings. The Bertz CT molecular complexity index is 698. The van der Waals surface area contributed by atoms with Crippen LogP contribution in [0.2, 0.25) is 0 Å². The van der Waals surface area contributed by atoms with Crippen molar-refractivity contribution in [3.8, 4) is 11.3 Å². The summed E-state index contributed by atoms with van der Waals surface area (Å²) in [4.78, 5) is 4.25. The average molecular weight is 237 g/mol. The number of nitrogens with zero attached hydrogens (tertiary/aromatic N) is 2. The van der Waals surface area contributed by atoms with Crippen LogP contribution >= 0.6 is 0 Å². The van der Waals surface area contributed by atoms with Gasteiger partial charge in [-0.1, -0.05) is 18.2 Å². The fourth-order valence-corrected chi connectivity index (χ4v) is 2.31. The summed E-state index contributed by atoms with van der Waals surface area (Å²) in [6.45, 7) is 0.519. The zero-order valence-electron chi connectivity index (χ0n) is 10.3. The number of aromatic nitrogens is 2. The van der Waals surface area contributed by atoms with Crippen LogP contribution in [0.25, 0.3) is 22.2 Å². The molecule has 0 spiro atoms. The first-order valence-corrected chi connectivity index (χ1v) is 5.98. The molecule has 0 atom stereocenters. The normalized spacial score (nSPS) is 11.0. The van der Waals surface area contributed by atoms with Crippen molar-refractivity contribution in [1.82, 2.24) is 9.55 Å². The van der Waals surface area contributed by atoms with Crippen molar-refractivity contribution >= 4 is 10.9 Å². The van der Waals surface area contributed by atoms with Gasteiger partial charge in [-0.2, -0.15) is 0 Å². The highest BCUT2D eigenvalue weighted by Gasteiger charge is 2.07. The van der Waals surface area contributed by atoms with E-state index in [1.165, 1.54) is 16.6 Å². The van der Waals surface area contributed by atoms with Crippen LogP contribution in [-0.4, -0.2) is 9.55 Å². The topological polar surface area (TPSA) is 43.8 Å². The lowest BCUT2D eigenvalue weighted by atomic mass is 10.1. The van der Waals surface area contributed by atoms with E-state index in [0.717, 1.165) is 11.1 Å². The van der Waals surface area contributed by atoms with Crippen LogP contribution in [0.4, 0.5) is 0 Å².